The topological polar surface area (TPSA) is 72.1 Å². The third kappa shape index (κ3) is 3.98. The number of amides is 1. The maximum absolute atomic E-state index is 13.7. The number of aromatic nitrogens is 5. The van der Waals surface area contributed by atoms with Gasteiger partial charge in [-0.3, -0.25) is 19.1 Å². The molecule has 1 aliphatic rings. The first kappa shape index (κ1) is 22.3. The maximum Gasteiger partial charge on any atom is 0.254 e. The summed E-state index contributed by atoms with van der Waals surface area (Å²) in [5.41, 5.74) is 7.61. The van der Waals surface area contributed by atoms with E-state index in [1.54, 1.807) is 0 Å². The Balaban J connectivity index is 1.41. The Morgan fingerprint density at radius 3 is 2.35 bits per heavy atom. The second-order valence-corrected chi connectivity index (χ2v) is 9.22. The van der Waals surface area contributed by atoms with E-state index >= 15 is 0 Å². The van der Waals surface area contributed by atoms with Crippen molar-refractivity contribution in [2.75, 3.05) is 26.2 Å². The highest BCUT2D eigenvalue weighted by Gasteiger charge is 2.25. The van der Waals surface area contributed by atoms with Gasteiger partial charge in [-0.1, -0.05) is 18.2 Å². The molecule has 34 heavy (non-hydrogen) atoms. The second-order valence-electron chi connectivity index (χ2n) is 9.22. The van der Waals surface area contributed by atoms with Gasteiger partial charge in [0.15, 0.2) is 0 Å². The van der Waals surface area contributed by atoms with E-state index in [9.17, 15) is 4.79 Å². The van der Waals surface area contributed by atoms with Crippen LogP contribution in [0.4, 0.5) is 0 Å². The van der Waals surface area contributed by atoms with E-state index in [1.165, 1.54) is 5.56 Å². The first-order valence-corrected chi connectivity index (χ1v) is 11.7. The van der Waals surface area contributed by atoms with Gasteiger partial charge in [-0.2, -0.15) is 10.2 Å². The molecule has 176 valence electrons. The summed E-state index contributed by atoms with van der Waals surface area (Å²) >= 11 is 0. The summed E-state index contributed by atoms with van der Waals surface area (Å²) < 4.78 is 3.73. The molecule has 0 atom stereocenters. The van der Waals surface area contributed by atoms with Crippen molar-refractivity contribution in [1.29, 1.82) is 0 Å². The smallest absolute Gasteiger partial charge is 0.254 e. The molecule has 1 fully saturated rings. The first-order chi connectivity index (χ1) is 16.3. The van der Waals surface area contributed by atoms with Gasteiger partial charge in [0.25, 0.3) is 5.91 Å². The largest absolute Gasteiger partial charge is 0.336 e. The molecule has 4 aromatic rings. The highest BCUT2D eigenvalue weighted by atomic mass is 16.2. The summed E-state index contributed by atoms with van der Waals surface area (Å²) in [4.78, 5) is 23.0. The number of carbonyl (C=O) groups excluding carboxylic acids is 1. The standard InChI is InChI=1S/C26H31N7O/c1-17-20(15-30(4)28-17)16-32-10-12-33(13-11-32)26(34)22-14-24(25-18(2)29-31(5)19(25)3)27-23-9-7-6-8-21(22)23/h6-9,14-15H,10-13,16H2,1-5H3. The molecule has 1 amide bonds. The number of hydrogen-bond acceptors (Lipinski definition) is 5. The Bertz CT molecular complexity index is 1380. The molecule has 0 radical (unpaired) electrons. The average molecular weight is 458 g/mol. The number of piperazine rings is 1. The lowest BCUT2D eigenvalue weighted by atomic mass is 10.0. The predicted molar refractivity (Wildman–Crippen MR) is 133 cm³/mol. The van der Waals surface area contributed by atoms with Gasteiger partial charge in [-0.05, 0) is 32.9 Å². The van der Waals surface area contributed by atoms with Gasteiger partial charge in [-0.25, -0.2) is 4.98 Å². The fourth-order valence-electron chi connectivity index (χ4n) is 4.95. The highest BCUT2D eigenvalue weighted by molar-refractivity contribution is 6.07. The average Bonchev–Trinajstić information content (AvgIpc) is 3.28. The van der Waals surface area contributed by atoms with E-state index < -0.39 is 0 Å². The Hall–Kier alpha value is -3.52. The van der Waals surface area contributed by atoms with E-state index in [0.29, 0.717) is 18.7 Å². The highest BCUT2D eigenvalue weighted by Crippen LogP contribution is 2.30. The SMILES string of the molecule is Cc1nn(C)cc1CN1CCN(C(=O)c2cc(-c3c(C)nn(C)c3C)nc3ccccc23)CC1. The van der Waals surface area contributed by atoms with Gasteiger partial charge in [0, 0.05) is 75.2 Å². The van der Waals surface area contributed by atoms with Crippen molar-refractivity contribution in [3.8, 4) is 11.3 Å². The van der Waals surface area contributed by atoms with Gasteiger partial charge in [0.2, 0.25) is 0 Å². The van der Waals surface area contributed by atoms with E-state index in [-0.39, 0.29) is 5.91 Å². The van der Waals surface area contributed by atoms with Crippen molar-refractivity contribution in [2.45, 2.75) is 27.3 Å². The van der Waals surface area contributed by atoms with Crippen LogP contribution in [0.15, 0.2) is 36.5 Å². The lowest BCUT2D eigenvalue weighted by molar-refractivity contribution is 0.0630. The van der Waals surface area contributed by atoms with Gasteiger partial charge in [0.05, 0.1) is 28.2 Å². The molecular weight excluding hydrogens is 426 g/mol. The minimum atomic E-state index is 0.0660. The molecule has 0 saturated carbocycles. The summed E-state index contributed by atoms with van der Waals surface area (Å²) in [6, 6.07) is 9.85. The molecule has 0 N–H and O–H groups in total. The van der Waals surface area contributed by atoms with Crippen LogP contribution in [0.1, 0.15) is 33.0 Å². The molecule has 5 rings (SSSR count). The van der Waals surface area contributed by atoms with Crippen LogP contribution in [-0.4, -0.2) is 66.4 Å². The summed E-state index contributed by atoms with van der Waals surface area (Å²) in [7, 11) is 3.89. The van der Waals surface area contributed by atoms with Crippen molar-refractivity contribution in [1.82, 2.24) is 34.3 Å². The Labute approximate surface area is 199 Å². The molecule has 8 nitrogen and oxygen atoms in total. The van der Waals surface area contributed by atoms with Crippen LogP contribution in [0, 0.1) is 20.8 Å². The second kappa shape index (κ2) is 8.68. The molecule has 1 saturated heterocycles. The molecule has 1 aromatic carbocycles. The van der Waals surface area contributed by atoms with Gasteiger partial charge >= 0.3 is 0 Å². The zero-order valence-electron chi connectivity index (χ0n) is 20.5. The molecule has 0 unspecified atom stereocenters. The zero-order valence-corrected chi connectivity index (χ0v) is 20.5. The molecule has 1 aliphatic heterocycles. The van der Waals surface area contributed by atoms with E-state index in [2.05, 4.69) is 21.3 Å². The normalized spacial score (nSPS) is 14.8. The number of aryl methyl sites for hydroxylation is 4. The Morgan fingerprint density at radius 2 is 1.71 bits per heavy atom. The van der Waals surface area contributed by atoms with Crippen LogP contribution in [0.3, 0.4) is 0 Å². The third-order valence-corrected chi connectivity index (χ3v) is 6.88. The summed E-state index contributed by atoms with van der Waals surface area (Å²) in [5.74, 6) is 0.0660. The van der Waals surface area contributed by atoms with Gasteiger partial charge < -0.3 is 4.90 Å². The van der Waals surface area contributed by atoms with Crippen LogP contribution >= 0.6 is 0 Å². The molecule has 0 aliphatic carbocycles. The zero-order chi connectivity index (χ0) is 24.0. The van der Waals surface area contributed by atoms with Crippen LogP contribution in [0.2, 0.25) is 0 Å². The van der Waals surface area contributed by atoms with Crippen LogP contribution in [0.5, 0.6) is 0 Å². The van der Waals surface area contributed by atoms with Gasteiger partial charge in [0.1, 0.15) is 0 Å². The summed E-state index contributed by atoms with van der Waals surface area (Å²) in [6.07, 6.45) is 2.08. The van der Waals surface area contributed by atoms with E-state index in [0.717, 1.165) is 58.9 Å². The number of hydrogen-bond donors (Lipinski definition) is 0. The predicted octanol–water partition coefficient (Wildman–Crippen LogP) is 3.25. The fraction of sp³-hybridized carbons (Fsp3) is 0.385. The molecule has 0 bridgehead atoms. The Kier molecular flexibility index (Phi) is 5.69. The molecule has 3 aromatic heterocycles. The monoisotopic (exact) mass is 457 g/mol. The number of pyridine rings is 1. The number of rotatable bonds is 4. The minimum Gasteiger partial charge on any atom is -0.336 e. The quantitative estimate of drug-likeness (QED) is 0.470. The lowest BCUT2D eigenvalue weighted by Crippen LogP contribution is -2.48. The fourth-order valence-corrected chi connectivity index (χ4v) is 4.95. The van der Waals surface area contributed by atoms with Crippen molar-refractivity contribution >= 4 is 16.8 Å². The summed E-state index contributed by atoms with van der Waals surface area (Å²) in [6.45, 7) is 10.0. The van der Waals surface area contributed by atoms with Crippen LogP contribution in [0.25, 0.3) is 22.2 Å². The molecule has 4 heterocycles. The van der Waals surface area contributed by atoms with Crippen LogP contribution in [-0.2, 0) is 20.6 Å². The van der Waals surface area contributed by atoms with Crippen molar-refractivity contribution in [3.63, 3.8) is 0 Å². The van der Waals surface area contributed by atoms with Crippen molar-refractivity contribution < 1.29 is 4.79 Å². The number of benzene rings is 1. The third-order valence-electron chi connectivity index (χ3n) is 6.88. The van der Waals surface area contributed by atoms with Crippen molar-refractivity contribution in [2.24, 2.45) is 14.1 Å². The van der Waals surface area contributed by atoms with Crippen molar-refractivity contribution in [3.05, 3.63) is 64.7 Å². The number of para-hydroxylation sites is 1. The molecule has 8 heteroatoms. The van der Waals surface area contributed by atoms with E-state index in [1.807, 2.05) is 79.5 Å². The van der Waals surface area contributed by atoms with E-state index in [4.69, 9.17) is 4.98 Å². The minimum absolute atomic E-state index is 0.0660. The number of nitrogens with zero attached hydrogens (tertiary/aromatic N) is 7. The van der Waals surface area contributed by atoms with Gasteiger partial charge in [-0.15, -0.1) is 0 Å². The Morgan fingerprint density at radius 1 is 0.971 bits per heavy atom. The number of carbonyl (C=O) groups is 1. The first-order valence-electron chi connectivity index (χ1n) is 11.7. The van der Waals surface area contributed by atoms with Crippen LogP contribution < -0.4 is 0 Å². The molecular formula is C26H31N7O. The maximum atomic E-state index is 13.7. The lowest BCUT2D eigenvalue weighted by Gasteiger charge is -2.35. The summed E-state index contributed by atoms with van der Waals surface area (Å²) in [5, 5.41) is 9.89. The molecule has 0 spiro atoms. The number of fused-ring (bicyclic) bond motifs is 1.